The Hall–Kier alpha value is -2.40. The van der Waals surface area contributed by atoms with E-state index in [9.17, 15) is 4.79 Å². The van der Waals surface area contributed by atoms with Crippen LogP contribution >= 0.6 is 15.9 Å². The Kier molecular flexibility index (Phi) is 6.95. The zero-order chi connectivity index (χ0) is 18.2. The highest BCUT2D eigenvalue weighted by molar-refractivity contribution is 9.10. The van der Waals surface area contributed by atoms with Crippen molar-refractivity contribution < 1.29 is 9.53 Å². The third-order valence-corrected chi connectivity index (χ3v) is 3.96. The molecule has 0 aromatic heterocycles. The second kappa shape index (κ2) is 9.18. The van der Waals surface area contributed by atoms with Crippen LogP contribution < -0.4 is 10.2 Å². The van der Waals surface area contributed by atoms with Gasteiger partial charge in [0.05, 0.1) is 10.7 Å². The number of halogens is 1. The maximum atomic E-state index is 11.9. The lowest BCUT2D eigenvalue weighted by Gasteiger charge is -2.11. The Bertz CT molecular complexity index is 776. The van der Waals surface area contributed by atoms with Crippen LogP contribution in [0.3, 0.4) is 0 Å². The minimum Gasteiger partial charge on any atom is -0.482 e. The van der Waals surface area contributed by atoms with Crippen molar-refractivity contribution in [3.05, 3.63) is 69.2 Å². The van der Waals surface area contributed by atoms with Gasteiger partial charge in [0.15, 0.2) is 6.61 Å². The molecular weight excluding hydrogens is 380 g/mol. The average Bonchev–Trinajstić information content (AvgIpc) is 2.54. The van der Waals surface area contributed by atoms with Crippen molar-refractivity contribution in [1.29, 1.82) is 0 Å². The lowest BCUT2D eigenvalue weighted by molar-refractivity contribution is -0.123. The number of hydrogen-bond donors (Lipinski definition) is 1. The first kappa shape index (κ1) is 18.9. The Morgan fingerprint density at radius 3 is 2.64 bits per heavy atom. The Balaban J connectivity index is 1.86. The average molecular weight is 401 g/mol. The molecule has 1 N–H and O–H groups in total. The van der Waals surface area contributed by atoms with E-state index in [4.69, 9.17) is 4.74 Å². The fourth-order valence-electron chi connectivity index (χ4n) is 2.31. The van der Waals surface area contributed by atoms with Crippen molar-refractivity contribution in [2.45, 2.75) is 20.8 Å². The summed E-state index contributed by atoms with van der Waals surface area (Å²) in [7, 11) is 0. The van der Waals surface area contributed by atoms with Gasteiger partial charge in [0, 0.05) is 0 Å². The summed E-state index contributed by atoms with van der Waals surface area (Å²) in [5.41, 5.74) is 6.60. The van der Waals surface area contributed by atoms with E-state index in [2.05, 4.69) is 26.5 Å². The van der Waals surface area contributed by atoms with Gasteiger partial charge in [-0.3, -0.25) is 4.79 Å². The highest BCUT2D eigenvalue weighted by Crippen LogP contribution is 2.30. The molecule has 2 aromatic rings. The van der Waals surface area contributed by atoms with Crippen LogP contribution in [-0.4, -0.2) is 18.7 Å². The van der Waals surface area contributed by atoms with Gasteiger partial charge in [-0.2, -0.15) is 5.10 Å². The zero-order valence-electron chi connectivity index (χ0n) is 14.5. The molecule has 2 aromatic carbocycles. The number of nitrogens with zero attached hydrogens (tertiary/aromatic N) is 1. The molecule has 0 unspecified atom stereocenters. The number of aryl methyl sites for hydroxylation is 2. The van der Waals surface area contributed by atoms with Crippen LogP contribution in [-0.2, 0) is 4.79 Å². The van der Waals surface area contributed by atoms with Crippen molar-refractivity contribution in [3.8, 4) is 5.75 Å². The molecule has 0 aliphatic rings. The predicted molar refractivity (Wildman–Crippen MR) is 106 cm³/mol. The van der Waals surface area contributed by atoms with E-state index >= 15 is 0 Å². The van der Waals surface area contributed by atoms with Gasteiger partial charge in [-0.25, -0.2) is 5.43 Å². The molecule has 0 radical (unpaired) electrons. The molecule has 0 spiro atoms. The largest absolute Gasteiger partial charge is 0.482 e. The summed E-state index contributed by atoms with van der Waals surface area (Å²) in [5, 5.41) is 3.95. The first-order chi connectivity index (χ1) is 12.0. The second-order valence-corrected chi connectivity index (χ2v) is 6.63. The lowest BCUT2D eigenvalue weighted by atomic mass is 10.1. The van der Waals surface area contributed by atoms with Crippen LogP contribution in [0.25, 0.3) is 6.08 Å². The molecule has 0 heterocycles. The summed E-state index contributed by atoms with van der Waals surface area (Å²) in [5.74, 6) is 0.362. The van der Waals surface area contributed by atoms with Gasteiger partial charge in [0.2, 0.25) is 0 Å². The summed E-state index contributed by atoms with van der Waals surface area (Å²) < 4.78 is 6.43. The molecule has 0 saturated carbocycles. The number of allylic oxidation sites excluding steroid dienone is 1. The van der Waals surface area contributed by atoms with E-state index < -0.39 is 0 Å². The number of ether oxygens (including phenoxy) is 1. The molecule has 25 heavy (non-hydrogen) atoms. The summed E-state index contributed by atoms with van der Waals surface area (Å²) in [4.78, 5) is 11.9. The maximum Gasteiger partial charge on any atom is 0.277 e. The third-order valence-electron chi connectivity index (χ3n) is 3.37. The Morgan fingerprint density at radius 2 is 1.96 bits per heavy atom. The quantitative estimate of drug-likeness (QED) is 0.566. The first-order valence-electron chi connectivity index (χ1n) is 7.90. The molecule has 0 aliphatic heterocycles. The third kappa shape index (κ3) is 6.19. The van der Waals surface area contributed by atoms with Crippen LogP contribution in [0.1, 0.15) is 23.6 Å². The second-order valence-electron chi connectivity index (χ2n) is 5.77. The van der Waals surface area contributed by atoms with Crippen LogP contribution in [0, 0.1) is 13.8 Å². The number of amides is 1. The summed E-state index contributed by atoms with van der Waals surface area (Å²) in [6, 6.07) is 13.9. The molecule has 1 amide bonds. The molecule has 0 aliphatic carbocycles. The van der Waals surface area contributed by atoms with Gasteiger partial charge in [-0.15, -0.1) is 0 Å². The number of carbonyl (C=O) groups is 1. The van der Waals surface area contributed by atoms with Crippen molar-refractivity contribution in [3.63, 3.8) is 0 Å². The number of rotatable bonds is 6. The molecule has 0 bridgehead atoms. The summed E-state index contributed by atoms with van der Waals surface area (Å²) in [6.45, 7) is 5.78. The molecule has 5 heteroatoms. The molecule has 130 valence electrons. The van der Waals surface area contributed by atoms with Crippen molar-refractivity contribution in [2.75, 3.05) is 6.61 Å². The fourth-order valence-corrected chi connectivity index (χ4v) is 3.10. The first-order valence-corrected chi connectivity index (χ1v) is 8.70. The van der Waals surface area contributed by atoms with E-state index in [0.717, 1.165) is 26.7 Å². The number of carbonyl (C=O) groups excluding carboxylic acids is 1. The number of hydrogen-bond acceptors (Lipinski definition) is 3. The van der Waals surface area contributed by atoms with E-state index in [0.29, 0.717) is 5.75 Å². The molecule has 4 nitrogen and oxygen atoms in total. The van der Waals surface area contributed by atoms with Gasteiger partial charge in [0.1, 0.15) is 5.75 Å². The lowest BCUT2D eigenvalue weighted by Crippen LogP contribution is -2.24. The Labute approximate surface area is 156 Å². The van der Waals surface area contributed by atoms with Crippen LogP contribution in [0.5, 0.6) is 5.75 Å². The fraction of sp³-hybridized carbons (Fsp3) is 0.200. The van der Waals surface area contributed by atoms with Gasteiger partial charge < -0.3 is 4.74 Å². The maximum absolute atomic E-state index is 11.9. The summed E-state index contributed by atoms with van der Waals surface area (Å²) >= 11 is 3.46. The monoisotopic (exact) mass is 400 g/mol. The van der Waals surface area contributed by atoms with E-state index in [1.54, 1.807) is 6.21 Å². The topological polar surface area (TPSA) is 50.7 Å². The zero-order valence-corrected chi connectivity index (χ0v) is 16.1. The van der Waals surface area contributed by atoms with Crippen molar-refractivity contribution in [2.24, 2.45) is 5.10 Å². The predicted octanol–water partition coefficient (Wildman–Crippen LogP) is 4.65. The van der Waals surface area contributed by atoms with Crippen molar-refractivity contribution >= 4 is 34.1 Å². The number of hydrazone groups is 1. The van der Waals surface area contributed by atoms with Crippen molar-refractivity contribution in [1.82, 2.24) is 5.43 Å². The van der Waals surface area contributed by atoms with E-state index in [-0.39, 0.29) is 12.5 Å². The highest BCUT2D eigenvalue weighted by atomic mass is 79.9. The van der Waals surface area contributed by atoms with Gasteiger partial charge >= 0.3 is 0 Å². The molecule has 0 atom stereocenters. The van der Waals surface area contributed by atoms with E-state index in [1.165, 1.54) is 0 Å². The minimum atomic E-state index is -0.310. The van der Waals surface area contributed by atoms with Crippen LogP contribution in [0.2, 0.25) is 0 Å². The van der Waals surface area contributed by atoms with Gasteiger partial charge in [-0.05, 0) is 65.0 Å². The molecule has 0 saturated heterocycles. The number of benzene rings is 2. The summed E-state index contributed by atoms with van der Waals surface area (Å²) in [6.07, 6.45) is 3.59. The van der Waals surface area contributed by atoms with E-state index in [1.807, 2.05) is 69.3 Å². The standard InChI is InChI=1S/C20H21BrN2O2/c1-14-9-16(3)20(18(21)11-14)25-13-19(24)23-22-12-15(2)10-17-7-5-4-6-8-17/h4-12H,13H2,1-3H3,(H,23,24)/b15-10+,22-12-. The highest BCUT2D eigenvalue weighted by Gasteiger charge is 2.08. The number of nitrogens with one attached hydrogen (secondary N) is 1. The van der Waals surface area contributed by atoms with Crippen LogP contribution in [0.4, 0.5) is 0 Å². The normalized spacial score (nSPS) is 11.6. The minimum absolute atomic E-state index is 0.0959. The van der Waals surface area contributed by atoms with Gasteiger partial charge in [0.25, 0.3) is 5.91 Å². The van der Waals surface area contributed by atoms with Crippen LogP contribution in [0.15, 0.2) is 57.6 Å². The van der Waals surface area contributed by atoms with Gasteiger partial charge in [-0.1, -0.05) is 42.5 Å². The molecular formula is C20H21BrN2O2. The molecule has 0 fully saturated rings. The molecule has 2 rings (SSSR count). The smallest absolute Gasteiger partial charge is 0.277 e. The SMILES string of the molecule is CC(/C=N\NC(=O)COc1c(C)cc(C)cc1Br)=C\c1ccccc1. The Morgan fingerprint density at radius 1 is 1.24 bits per heavy atom.